The summed E-state index contributed by atoms with van der Waals surface area (Å²) in [4.78, 5) is 26.7. The van der Waals surface area contributed by atoms with Gasteiger partial charge in [0, 0.05) is 22.8 Å². The summed E-state index contributed by atoms with van der Waals surface area (Å²) in [5.41, 5.74) is 2.77. The number of halogens is 1. The molecule has 0 aliphatic rings. The van der Waals surface area contributed by atoms with Crippen molar-refractivity contribution in [2.24, 2.45) is 0 Å². The summed E-state index contributed by atoms with van der Waals surface area (Å²) in [5.74, 6) is 0.190. The van der Waals surface area contributed by atoms with Crippen LogP contribution in [0.4, 0.5) is 11.4 Å². The van der Waals surface area contributed by atoms with E-state index >= 15 is 0 Å². The number of likely N-dealkylation sites (N-methyl/N-ethyl adjacent to an activating group) is 1. The van der Waals surface area contributed by atoms with E-state index in [0.717, 1.165) is 5.56 Å². The lowest BCUT2D eigenvalue weighted by Crippen LogP contribution is -2.29. The second-order valence-electron chi connectivity index (χ2n) is 7.08. The number of hydrogen-bond acceptors (Lipinski definition) is 4. The number of methoxy groups -OCH3 is 1. The number of nitrogens with one attached hydrogen (secondary N) is 2. The lowest BCUT2D eigenvalue weighted by molar-refractivity contribution is -0.117. The molecule has 0 saturated carbocycles. The summed E-state index contributed by atoms with van der Waals surface area (Å²) in [7, 11) is 3.43. The topological polar surface area (TPSA) is 70.7 Å². The Labute approximate surface area is 186 Å². The van der Waals surface area contributed by atoms with Gasteiger partial charge in [-0.1, -0.05) is 35.9 Å². The van der Waals surface area contributed by atoms with Crippen molar-refractivity contribution in [2.75, 3.05) is 31.3 Å². The monoisotopic (exact) mass is 437 g/mol. The number of amides is 2. The first-order valence-corrected chi connectivity index (χ1v) is 10.1. The standard InChI is InChI=1S/C24H24ClN3O3/c1-28(15-17-7-11-19(25)12-8-17)16-23(29)26-20-13-9-18(10-14-20)24(30)27-21-5-3-4-6-22(21)31-2/h3-14H,15-16H2,1-2H3,(H,26,29)(H,27,30). The summed E-state index contributed by atoms with van der Waals surface area (Å²) in [6, 6.07) is 21.5. The molecule has 0 unspecified atom stereocenters. The van der Waals surface area contributed by atoms with Crippen molar-refractivity contribution in [3.63, 3.8) is 0 Å². The van der Waals surface area contributed by atoms with Gasteiger partial charge in [0.2, 0.25) is 5.91 Å². The third-order valence-electron chi connectivity index (χ3n) is 4.57. The zero-order valence-electron chi connectivity index (χ0n) is 17.4. The van der Waals surface area contributed by atoms with Crippen molar-refractivity contribution in [1.29, 1.82) is 0 Å². The molecule has 0 aromatic heterocycles. The molecule has 0 atom stereocenters. The van der Waals surface area contributed by atoms with Crippen molar-refractivity contribution >= 4 is 34.8 Å². The van der Waals surface area contributed by atoms with Crippen LogP contribution in [0.5, 0.6) is 5.75 Å². The molecule has 2 amide bonds. The van der Waals surface area contributed by atoms with Gasteiger partial charge in [0.25, 0.3) is 5.91 Å². The van der Waals surface area contributed by atoms with Gasteiger partial charge in [-0.05, 0) is 61.1 Å². The first kappa shape index (κ1) is 22.3. The fraction of sp³-hybridized carbons (Fsp3) is 0.167. The van der Waals surface area contributed by atoms with Crippen molar-refractivity contribution in [3.05, 3.63) is 88.9 Å². The van der Waals surface area contributed by atoms with Gasteiger partial charge in [0.15, 0.2) is 0 Å². The van der Waals surface area contributed by atoms with Crippen molar-refractivity contribution in [1.82, 2.24) is 4.90 Å². The fourth-order valence-electron chi connectivity index (χ4n) is 3.05. The lowest BCUT2D eigenvalue weighted by Gasteiger charge is -2.16. The number of ether oxygens (including phenoxy) is 1. The highest BCUT2D eigenvalue weighted by atomic mass is 35.5. The largest absolute Gasteiger partial charge is 0.495 e. The second kappa shape index (κ2) is 10.6. The molecular weight excluding hydrogens is 414 g/mol. The van der Waals surface area contributed by atoms with Gasteiger partial charge in [-0.2, -0.15) is 0 Å². The molecule has 3 rings (SSSR count). The third kappa shape index (κ3) is 6.57. The summed E-state index contributed by atoms with van der Waals surface area (Å²) in [5, 5.41) is 6.36. The zero-order valence-corrected chi connectivity index (χ0v) is 18.1. The number of para-hydroxylation sites is 2. The van der Waals surface area contributed by atoms with Crippen LogP contribution in [0.25, 0.3) is 0 Å². The molecule has 31 heavy (non-hydrogen) atoms. The van der Waals surface area contributed by atoms with Gasteiger partial charge < -0.3 is 15.4 Å². The Morgan fingerprint density at radius 1 is 0.935 bits per heavy atom. The summed E-state index contributed by atoms with van der Waals surface area (Å²) in [6.45, 7) is 0.866. The number of carbonyl (C=O) groups is 2. The van der Waals surface area contributed by atoms with Crippen LogP contribution < -0.4 is 15.4 Å². The van der Waals surface area contributed by atoms with E-state index in [4.69, 9.17) is 16.3 Å². The van der Waals surface area contributed by atoms with Crippen molar-refractivity contribution in [3.8, 4) is 5.75 Å². The highest BCUT2D eigenvalue weighted by Crippen LogP contribution is 2.24. The van der Waals surface area contributed by atoms with Gasteiger partial charge >= 0.3 is 0 Å². The van der Waals surface area contributed by atoms with E-state index < -0.39 is 0 Å². The Morgan fingerprint density at radius 3 is 2.29 bits per heavy atom. The van der Waals surface area contributed by atoms with Crippen LogP contribution in [0, 0.1) is 0 Å². The number of rotatable bonds is 8. The molecule has 0 bridgehead atoms. The highest BCUT2D eigenvalue weighted by Gasteiger charge is 2.11. The maximum absolute atomic E-state index is 12.5. The smallest absolute Gasteiger partial charge is 0.255 e. The molecule has 0 fully saturated rings. The third-order valence-corrected chi connectivity index (χ3v) is 4.82. The van der Waals surface area contributed by atoms with Crippen molar-refractivity contribution < 1.29 is 14.3 Å². The SMILES string of the molecule is COc1ccccc1NC(=O)c1ccc(NC(=O)CN(C)Cc2ccc(Cl)cc2)cc1. The average Bonchev–Trinajstić information content (AvgIpc) is 2.76. The normalized spacial score (nSPS) is 10.6. The van der Waals surface area contributed by atoms with Gasteiger partial charge in [-0.3, -0.25) is 14.5 Å². The molecule has 6 nitrogen and oxygen atoms in total. The predicted molar refractivity (Wildman–Crippen MR) is 124 cm³/mol. The molecule has 0 radical (unpaired) electrons. The number of anilines is 2. The number of benzene rings is 3. The van der Waals surface area contributed by atoms with Gasteiger partial charge in [-0.15, -0.1) is 0 Å². The summed E-state index contributed by atoms with van der Waals surface area (Å²) < 4.78 is 5.25. The van der Waals surface area contributed by atoms with Crippen LogP contribution in [0.2, 0.25) is 5.02 Å². The minimum atomic E-state index is -0.259. The van der Waals surface area contributed by atoms with Crippen LogP contribution >= 0.6 is 11.6 Å². The number of carbonyl (C=O) groups excluding carboxylic acids is 2. The molecular formula is C24H24ClN3O3. The predicted octanol–water partition coefficient (Wildman–Crippen LogP) is 4.67. The van der Waals surface area contributed by atoms with Crippen LogP contribution in [-0.2, 0) is 11.3 Å². The van der Waals surface area contributed by atoms with Gasteiger partial charge in [-0.25, -0.2) is 0 Å². The number of nitrogens with zero attached hydrogens (tertiary/aromatic N) is 1. The van der Waals surface area contributed by atoms with Gasteiger partial charge in [0.05, 0.1) is 19.3 Å². The average molecular weight is 438 g/mol. The molecule has 0 aliphatic heterocycles. The molecule has 2 N–H and O–H groups in total. The molecule has 0 saturated heterocycles. The second-order valence-corrected chi connectivity index (χ2v) is 7.52. The fourth-order valence-corrected chi connectivity index (χ4v) is 3.18. The minimum Gasteiger partial charge on any atom is -0.495 e. The van der Waals surface area contributed by atoms with Crippen molar-refractivity contribution in [2.45, 2.75) is 6.54 Å². The molecule has 160 valence electrons. The Hall–Kier alpha value is -3.35. The molecule has 0 aliphatic carbocycles. The lowest BCUT2D eigenvalue weighted by atomic mass is 10.2. The van der Waals surface area contributed by atoms with Crippen LogP contribution in [-0.4, -0.2) is 37.4 Å². The number of hydrogen-bond donors (Lipinski definition) is 2. The molecule has 0 heterocycles. The zero-order chi connectivity index (χ0) is 22.2. The Morgan fingerprint density at radius 2 is 1.61 bits per heavy atom. The first-order valence-electron chi connectivity index (χ1n) is 9.72. The molecule has 0 spiro atoms. The van der Waals surface area contributed by atoms with E-state index in [9.17, 15) is 9.59 Å². The Balaban J connectivity index is 1.52. The van der Waals surface area contributed by atoms with E-state index in [2.05, 4.69) is 10.6 Å². The van der Waals surface area contributed by atoms with E-state index in [1.807, 2.05) is 48.3 Å². The summed E-state index contributed by atoms with van der Waals surface area (Å²) >= 11 is 5.90. The van der Waals surface area contributed by atoms with E-state index in [0.29, 0.717) is 34.3 Å². The molecule has 7 heteroatoms. The van der Waals surface area contributed by atoms with Crippen LogP contribution in [0.1, 0.15) is 15.9 Å². The Bertz CT molecular complexity index is 1040. The van der Waals surface area contributed by atoms with E-state index in [-0.39, 0.29) is 18.4 Å². The highest BCUT2D eigenvalue weighted by molar-refractivity contribution is 6.30. The minimum absolute atomic E-state index is 0.136. The first-order chi connectivity index (χ1) is 14.9. The van der Waals surface area contributed by atoms with Crippen LogP contribution in [0.3, 0.4) is 0 Å². The molecule has 3 aromatic carbocycles. The maximum Gasteiger partial charge on any atom is 0.255 e. The quantitative estimate of drug-likeness (QED) is 0.537. The molecule has 3 aromatic rings. The van der Waals surface area contributed by atoms with E-state index in [1.54, 1.807) is 43.5 Å². The van der Waals surface area contributed by atoms with E-state index in [1.165, 1.54) is 0 Å². The van der Waals surface area contributed by atoms with Crippen LogP contribution in [0.15, 0.2) is 72.8 Å². The summed E-state index contributed by atoms with van der Waals surface area (Å²) in [6.07, 6.45) is 0. The Kier molecular flexibility index (Phi) is 7.65. The maximum atomic E-state index is 12.5. The van der Waals surface area contributed by atoms with Gasteiger partial charge in [0.1, 0.15) is 5.75 Å².